The van der Waals surface area contributed by atoms with Gasteiger partial charge in [-0.2, -0.15) is 0 Å². The fourth-order valence-electron chi connectivity index (χ4n) is 3.49. The molecule has 0 unspecified atom stereocenters. The normalized spacial score (nSPS) is 13.3. The molecule has 0 bridgehead atoms. The number of nitrogens with zero attached hydrogens (tertiary/aromatic N) is 3. The lowest BCUT2D eigenvalue weighted by molar-refractivity contribution is 0.0936. The Labute approximate surface area is 166 Å². The molecule has 0 saturated heterocycles. The van der Waals surface area contributed by atoms with Gasteiger partial charge in [0.15, 0.2) is 11.5 Å². The predicted molar refractivity (Wildman–Crippen MR) is 110 cm³/mol. The van der Waals surface area contributed by atoms with Crippen LogP contribution in [-0.4, -0.2) is 53.5 Å². The molecule has 150 valence electrons. The summed E-state index contributed by atoms with van der Waals surface area (Å²) in [5.41, 5.74) is 3.02. The minimum absolute atomic E-state index is 0.212. The van der Waals surface area contributed by atoms with Gasteiger partial charge in [0.1, 0.15) is 0 Å². The Kier molecular flexibility index (Phi) is 6.46. The summed E-state index contributed by atoms with van der Waals surface area (Å²) in [5, 5.41) is 5.85. The van der Waals surface area contributed by atoms with E-state index in [-0.39, 0.29) is 11.8 Å². The second-order valence-electron chi connectivity index (χ2n) is 7.58. The predicted octanol–water partition coefficient (Wildman–Crippen LogP) is 2.46. The molecule has 1 aliphatic heterocycles. The summed E-state index contributed by atoms with van der Waals surface area (Å²) >= 11 is 0. The first-order valence-electron chi connectivity index (χ1n) is 9.86. The van der Waals surface area contributed by atoms with Crippen molar-refractivity contribution in [2.24, 2.45) is 0 Å². The van der Waals surface area contributed by atoms with Crippen molar-refractivity contribution in [2.75, 3.05) is 32.5 Å². The molecule has 1 aromatic carbocycles. The van der Waals surface area contributed by atoms with Crippen molar-refractivity contribution < 1.29 is 9.59 Å². The van der Waals surface area contributed by atoms with E-state index >= 15 is 0 Å². The molecule has 7 heteroatoms. The maximum atomic E-state index is 12.8. The summed E-state index contributed by atoms with van der Waals surface area (Å²) in [6, 6.07) is 7.65. The van der Waals surface area contributed by atoms with Crippen molar-refractivity contribution in [1.29, 1.82) is 0 Å². The highest BCUT2D eigenvalue weighted by Crippen LogP contribution is 2.22. The first-order chi connectivity index (χ1) is 13.5. The second-order valence-corrected chi connectivity index (χ2v) is 7.58. The number of hydrogen-bond acceptors (Lipinski definition) is 4. The molecular formula is C21H29N5O2. The van der Waals surface area contributed by atoms with Crippen molar-refractivity contribution in [2.45, 2.75) is 39.2 Å². The van der Waals surface area contributed by atoms with Crippen LogP contribution in [-0.2, 0) is 13.0 Å². The number of rotatable bonds is 7. The Morgan fingerprint density at radius 3 is 2.79 bits per heavy atom. The summed E-state index contributed by atoms with van der Waals surface area (Å²) in [5.74, 6) is -0.131. The van der Waals surface area contributed by atoms with Gasteiger partial charge >= 0.3 is 0 Å². The summed E-state index contributed by atoms with van der Waals surface area (Å²) in [6.07, 6.45) is 3.62. The molecule has 2 N–H and O–H groups in total. The molecule has 2 heterocycles. The molecule has 0 atom stereocenters. The minimum Gasteiger partial charge on any atom is -0.349 e. The number of carbonyl (C=O) groups excluding carboxylic acids is 2. The monoisotopic (exact) mass is 383 g/mol. The van der Waals surface area contributed by atoms with Gasteiger partial charge in [-0.15, -0.1) is 0 Å². The van der Waals surface area contributed by atoms with E-state index in [0.717, 1.165) is 55.7 Å². The summed E-state index contributed by atoms with van der Waals surface area (Å²) in [6.45, 7) is 4.20. The zero-order valence-corrected chi connectivity index (χ0v) is 16.9. The van der Waals surface area contributed by atoms with E-state index in [1.165, 1.54) is 0 Å². The number of amides is 2. The lowest BCUT2D eigenvalue weighted by atomic mass is 10.1. The minimum atomic E-state index is -0.261. The highest BCUT2D eigenvalue weighted by atomic mass is 16.2. The molecular weight excluding hydrogens is 354 g/mol. The third-order valence-electron chi connectivity index (χ3n) is 4.88. The molecule has 3 rings (SSSR count). The van der Waals surface area contributed by atoms with Crippen LogP contribution in [0.1, 0.15) is 51.6 Å². The molecule has 2 amide bonds. The Bertz CT molecular complexity index is 856. The molecule has 0 saturated carbocycles. The average molecular weight is 383 g/mol. The van der Waals surface area contributed by atoms with E-state index in [1.54, 1.807) is 0 Å². The van der Waals surface area contributed by atoms with E-state index in [2.05, 4.69) is 20.5 Å². The van der Waals surface area contributed by atoms with Crippen molar-refractivity contribution in [1.82, 2.24) is 19.8 Å². The Morgan fingerprint density at radius 1 is 1.21 bits per heavy atom. The lowest BCUT2D eigenvalue weighted by Crippen LogP contribution is -2.30. The van der Waals surface area contributed by atoms with Crippen LogP contribution in [0.3, 0.4) is 0 Å². The number of fused-ring (bicyclic) bond motifs is 1. The zero-order chi connectivity index (χ0) is 20.1. The largest absolute Gasteiger partial charge is 0.349 e. The second kappa shape index (κ2) is 9.01. The van der Waals surface area contributed by atoms with E-state index < -0.39 is 0 Å². The highest BCUT2D eigenvalue weighted by molar-refractivity contribution is 6.05. The van der Waals surface area contributed by atoms with Crippen molar-refractivity contribution in [3.8, 4) is 0 Å². The van der Waals surface area contributed by atoms with Gasteiger partial charge in [-0.05, 0) is 70.9 Å². The molecule has 1 aromatic heterocycles. The van der Waals surface area contributed by atoms with Crippen LogP contribution in [0.2, 0.25) is 0 Å². The van der Waals surface area contributed by atoms with Gasteiger partial charge in [0.25, 0.3) is 11.8 Å². The van der Waals surface area contributed by atoms with Gasteiger partial charge in [0.2, 0.25) is 0 Å². The van der Waals surface area contributed by atoms with Gasteiger partial charge < -0.3 is 20.1 Å². The average Bonchev–Trinajstić information content (AvgIpc) is 3.05. The number of nitrogens with one attached hydrogen (secondary N) is 2. The van der Waals surface area contributed by atoms with Crippen LogP contribution in [0.5, 0.6) is 0 Å². The van der Waals surface area contributed by atoms with E-state index in [9.17, 15) is 9.59 Å². The number of anilines is 1. The van der Waals surface area contributed by atoms with E-state index in [1.807, 2.05) is 49.9 Å². The number of benzene rings is 1. The maximum absolute atomic E-state index is 12.8. The number of hydrogen-bond donors (Lipinski definition) is 2. The molecule has 7 nitrogen and oxygen atoms in total. The molecule has 1 aliphatic rings. The molecule has 0 fully saturated rings. The number of aryl methyl sites for hydroxylation is 1. The maximum Gasteiger partial charge on any atom is 0.287 e. The standard InChI is InChI=1S/C21H29N5O2/c1-15-8-6-9-16(14-15)23-20(27)18-17-10-4-5-13-26(17)19(24-18)21(28)22-11-7-12-25(2)3/h6,8-9,14H,4-5,7,10-13H2,1-3H3,(H,22,28)(H,23,27). The van der Waals surface area contributed by atoms with Gasteiger partial charge in [-0.1, -0.05) is 12.1 Å². The van der Waals surface area contributed by atoms with Gasteiger partial charge in [-0.25, -0.2) is 4.98 Å². The SMILES string of the molecule is Cc1cccc(NC(=O)c2nc(C(=O)NCCCN(C)C)n3c2CCCC3)c1. The smallest absolute Gasteiger partial charge is 0.287 e. The molecule has 0 aliphatic carbocycles. The number of aromatic nitrogens is 2. The van der Waals surface area contributed by atoms with E-state index in [0.29, 0.717) is 18.1 Å². The fraction of sp³-hybridized carbons (Fsp3) is 0.476. The van der Waals surface area contributed by atoms with E-state index in [4.69, 9.17) is 0 Å². The van der Waals surface area contributed by atoms with Crippen LogP contribution in [0.25, 0.3) is 0 Å². The first-order valence-corrected chi connectivity index (χ1v) is 9.86. The molecule has 2 aromatic rings. The Hall–Kier alpha value is -2.67. The number of imidazole rings is 1. The van der Waals surface area contributed by atoms with Gasteiger partial charge in [-0.3, -0.25) is 9.59 Å². The Morgan fingerprint density at radius 2 is 2.04 bits per heavy atom. The summed E-state index contributed by atoms with van der Waals surface area (Å²) in [7, 11) is 4.01. The molecule has 0 spiro atoms. The summed E-state index contributed by atoms with van der Waals surface area (Å²) < 4.78 is 1.91. The van der Waals surface area contributed by atoms with Crippen LogP contribution >= 0.6 is 0 Å². The fourth-order valence-corrected chi connectivity index (χ4v) is 3.49. The van der Waals surface area contributed by atoms with Crippen LogP contribution < -0.4 is 10.6 Å². The molecule has 28 heavy (non-hydrogen) atoms. The third kappa shape index (κ3) is 4.78. The van der Waals surface area contributed by atoms with Gasteiger partial charge in [0.05, 0.1) is 5.69 Å². The third-order valence-corrected chi connectivity index (χ3v) is 4.88. The quantitative estimate of drug-likeness (QED) is 0.720. The first kappa shape index (κ1) is 20.1. The number of carbonyl (C=O) groups is 2. The van der Waals surface area contributed by atoms with Crippen LogP contribution in [0.4, 0.5) is 5.69 Å². The summed E-state index contributed by atoms with van der Waals surface area (Å²) in [4.78, 5) is 32.0. The van der Waals surface area contributed by atoms with Crippen molar-refractivity contribution >= 4 is 17.5 Å². The topological polar surface area (TPSA) is 79.3 Å². The van der Waals surface area contributed by atoms with Gasteiger partial charge in [0, 0.05) is 18.8 Å². The van der Waals surface area contributed by atoms with Crippen LogP contribution in [0, 0.1) is 6.92 Å². The van der Waals surface area contributed by atoms with Crippen molar-refractivity contribution in [3.05, 3.63) is 47.0 Å². The highest BCUT2D eigenvalue weighted by Gasteiger charge is 2.27. The zero-order valence-electron chi connectivity index (χ0n) is 16.9. The van der Waals surface area contributed by atoms with Crippen LogP contribution in [0.15, 0.2) is 24.3 Å². The Balaban J connectivity index is 1.76. The van der Waals surface area contributed by atoms with Crippen molar-refractivity contribution in [3.63, 3.8) is 0 Å². The lowest BCUT2D eigenvalue weighted by Gasteiger charge is -2.17. The molecule has 0 radical (unpaired) electrons.